The quantitative estimate of drug-likeness (QED) is 0.348. The SMILES string of the molecule is [SiH3][SiH2][SiH2][Si](Cl)Cl. The van der Waals surface area contributed by atoms with Crippen molar-refractivity contribution in [2.45, 2.75) is 0 Å². The van der Waals surface area contributed by atoms with Gasteiger partial charge in [-0.2, -0.15) is 22.2 Å². The molecular weight excluding hydrogens is 183 g/mol. The average Bonchev–Trinajstić information content (AvgIpc) is 1.35. The first-order valence-electron chi connectivity index (χ1n) is 1.94. The third-order valence-electron chi connectivity index (χ3n) is 0.439. The van der Waals surface area contributed by atoms with Gasteiger partial charge in [-0.3, -0.25) is 0 Å². The summed E-state index contributed by atoms with van der Waals surface area (Å²) in [7, 11) is 2.06. The third kappa shape index (κ3) is 5.45. The summed E-state index contributed by atoms with van der Waals surface area (Å²) in [6, 6.07) is 0. The maximum absolute atomic E-state index is 5.56. The minimum atomic E-state index is -0.706. The summed E-state index contributed by atoms with van der Waals surface area (Å²) in [5, 5.41) is 0. The van der Waals surface area contributed by atoms with Crippen LogP contribution < -0.4 is 0 Å². The minimum absolute atomic E-state index is 0.190. The van der Waals surface area contributed by atoms with Crippen LogP contribution in [0.3, 0.4) is 0 Å². The second kappa shape index (κ2) is 4.60. The molecule has 0 unspecified atom stereocenters. The zero-order valence-corrected chi connectivity index (χ0v) is 11.0. The van der Waals surface area contributed by atoms with E-state index in [2.05, 4.69) is 0 Å². The van der Waals surface area contributed by atoms with Gasteiger partial charge in [0.25, 0.3) is 0 Å². The molecule has 0 atom stereocenters. The molecule has 0 heterocycles. The van der Waals surface area contributed by atoms with Gasteiger partial charge in [0, 0.05) is 8.55 Å². The molecule has 0 aliphatic rings. The van der Waals surface area contributed by atoms with Gasteiger partial charge in [0.15, 0.2) is 0 Å². The Labute approximate surface area is 56.1 Å². The standard InChI is InChI=1S/Cl2H7Si4/c1-6(2)5-4-3/h4-5H2,3H3. The molecule has 0 aromatic heterocycles. The Balaban J connectivity index is 2.63. The molecule has 6 heavy (non-hydrogen) atoms. The summed E-state index contributed by atoms with van der Waals surface area (Å²) >= 11 is 11.1. The average molecular weight is 190 g/mol. The van der Waals surface area contributed by atoms with Crippen LogP contribution in [0.2, 0.25) is 0 Å². The third-order valence-corrected chi connectivity index (χ3v) is 35.6. The Morgan fingerprint density at radius 3 is 2.00 bits per heavy atom. The van der Waals surface area contributed by atoms with Crippen molar-refractivity contribution in [3.8, 4) is 0 Å². The lowest BCUT2D eigenvalue weighted by Crippen LogP contribution is -2.15. The van der Waals surface area contributed by atoms with Crippen LogP contribution in [0.5, 0.6) is 0 Å². The molecule has 0 fully saturated rings. The van der Waals surface area contributed by atoms with Crippen LogP contribution in [0.4, 0.5) is 0 Å². The van der Waals surface area contributed by atoms with Crippen LogP contribution in [0, 0.1) is 0 Å². The molecule has 0 spiro atoms. The van der Waals surface area contributed by atoms with Crippen molar-refractivity contribution in [2.24, 2.45) is 0 Å². The first-order chi connectivity index (χ1) is 2.77. The lowest BCUT2D eigenvalue weighted by molar-refractivity contribution is 3.87. The topological polar surface area (TPSA) is 0 Å². The fourth-order valence-electron chi connectivity index (χ4n) is 0.189. The van der Waals surface area contributed by atoms with E-state index in [1.165, 1.54) is 9.76 Å². The van der Waals surface area contributed by atoms with E-state index in [0.717, 1.165) is 0 Å². The van der Waals surface area contributed by atoms with E-state index in [9.17, 15) is 0 Å². The molecule has 0 aromatic carbocycles. The predicted octanol–water partition coefficient (Wildman–Crippen LogP) is -2.02. The zero-order chi connectivity index (χ0) is 4.99. The van der Waals surface area contributed by atoms with E-state index in [4.69, 9.17) is 22.2 Å². The fourth-order valence-corrected chi connectivity index (χ4v) is 45.9. The van der Waals surface area contributed by atoms with Gasteiger partial charge in [0.1, 0.15) is 0 Å². The molecule has 0 aromatic rings. The van der Waals surface area contributed by atoms with Crippen LogP contribution in [-0.2, 0) is 0 Å². The highest BCUT2D eigenvalue weighted by Crippen LogP contribution is 1.88. The number of hydrogen-bond acceptors (Lipinski definition) is 0. The minimum Gasteiger partial charge on any atom is -0.152 e. The smallest absolute Gasteiger partial charge is 0.152 e. The normalized spacial score (nSPS) is 14.5. The first-order valence-corrected chi connectivity index (χ1v) is 17.4. The molecule has 0 nitrogen and oxygen atoms in total. The van der Waals surface area contributed by atoms with Crippen LogP contribution in [0.25, 0.3) is 0 Å². The lowest BCUT2D eigenvalue weighted by atomic mass is 26.4. The predicted molar refractivity (Wildman–Crippen MR) is 44.5 cm³/mol. The van der Waals surface area contributed by atoms with Gasteiger partial charge in [-0.15, -0.1) is 0 Å². The molecule has 0 amide bonds. The second-order valence-corrected chi connectivity index (χ2v) is 29.4. The molecule has 0 bridgehead atoms. The highest BCUT2D eigenvalue weighted by atomic mass is 35.7. The maximum Gasteiger partial charge on any atom is 0.247 e. The molecule has 0 rings (SSSR count). The first kappa shape index (κ1) is 7.45. The van der Waals surface area contributed by atoms with Crippen molar-refractivity contribution in [3.05, 3.63) is 0 Å². The Hall–Kier alpha value is 1.45. The molecule has 0 saturated heterocycles. The van der Waals surface area contributed by atoms with Crippen molar-refractivity contribution < 1.29 is 0 Å². The summed E-state index contributed by atoms with van der Waals surface area (Å²) in [6.45, 7) is -0.706. The fraction of sp³-hybridized carbons (Fsp3) is 0. The summed E-state index contributed by atoms with van der Waals surface area (Å²) in [5.74, 6) is 0. The highest BCUT2D eigenvalue weighted by Gasteiger charge is 1.98. The van der Waals surface area contributed by atoms with Crippen LogP contribution >= 0.6 is 22.2 Å². The van der Waals surface area contributed by atoms with E-state index in [0.29, 0.717) is 8.55 Å². The largest absolute Gasteiger partial charge is 0.247 e. The van der Waals surface area contributed by atoms with Crippen molar-refractivity contribution in [2.75, 3.05) is 0 Å². The van der Waals surface area contributed by atoms with Crippen molar-refractivity contribution in [1.29, 1.82) is 0 Å². The Bertz CT molecular complexity index is 26.7. The Morgan fingerprint density at radius 1 is 1.50 bits per heavy atom. The van der Waals surface area contributed by atoms with E-state index in [1.54, 1.807) is 0 Å². The summed E-state index contributed by atoms with van der Waals surface area (Å²) in [6.07, 6.45) is 0. The van der Waals surface area contributed by atoms with E-state index in [1.807, 2.05) is 0 Å². The van der Waals surface area contributed by atoms with Gasteiger partial charge >= 0.3 is 0 Å². The zero-order valence-electron chi connectivity index (χ0n) is 3.67. The highest BCUT2D eigenvalue weighted by molar-refractivity contribution is 7.68. The molecule has 0 N–H and O–H groups in total. The summed E-state index contributed by atoms with van der Waals surface area (Å²) in [5.41, 5.74) is 0. The monoisotopic (exact) mass is 189 g/mol. The van der Waals surface area contributed by atoms with Gasteiger partial charge in [-0.1, -0.05) is 0 Å². The molecule has 0 aliphatic carbocycles. The van der Waals surface area contributed by atoms with Gasteiger partial charge in [0.05, 0.1) is 0 Å². The van der Waals surface area contributed by atoms with Crippen LogP contribution in [0.1, 0.15) is 0 Å². The number of halogens is 2. The van der Waals surface area contributed by atoms with Gasteiger partial charge in [-0.25, -0.2) is 0 Å². The molecule has 1 radical (unpaired) electrons. The van der Waals surface area contributed by atoms with E-state index >= 15 is 0 Å². The lowest BCUT2D eigenvalue weighted by Gasteiger charge is -1.84. The van der Waals surface area contributed by atoms with E-state index in [-0.39, 0.29) is 8.55 Å². The molecule has 37 valence electrons. The van der Waals surface area contributed by atoms with Crippen molar-refractivity contribution in [3.63, 3.8) is 0 Å². The summed E-state index contributed by atoms with van der Waals surface area (Å²) in [4.78, 5) is 0. The molecular formula is H7Cl2Si4. The van der Waals surface area contributed by atoms with Crippen LogP contribution in [0.15, 0.2) is 0 Å². The molecule has 0 aliphatic heterocycles. The Kier molecular flexibility index (Phi) is 5.71. The van der Waals surface area contributed by atoms with Crippen molar-refractivity contribution in [1.82, 2.24) is 0 Å². The van der Waals surface area contributed by atoms with Crippen LogP contribution in [-0.4, -0.2) is 33.8 Å². The number of hydrogen-bond donors (Lipinski definition) is 0. The maximum atomic E-state index is 5.56. The Morgan fingerprint density at radius 2 is 2.00 bits per heavy atom. The van der Waals surface area contributed by atoms with Crippen molar-refractivity contribution >= 4 is 56.0 Å². The molecule has 6 heteroatoms. The van der Waals surface area contributed by atoms with Gasteiger partial charge < -0.3 is 0 Å². The number of rotatable bonds is 2. The van der Waals surface area contributed by atoms with Gasteiger partial charge in [0.2, 0.25) is 6.93 Å². The second-order valence-electron chi connectivity index (χ2n) is 1.09. The molecule has 0 saturated carbocycles. The van der Waals surface area contributed by atoms with Gasteiger partial charge in [-0.05, 0) is 18.3 Å². The van der Waals surface area contributed by atoms with E-state index < -0.39 is 6.93 Å². The summed E-state index contributed by atoms with van der Waals surface area (Å²) < 4.78 is 0.